The second-order valence-corrected chi connectivity index (χ2v) is 7.47. The van der Waals surface area contributed by atoms with E-state index in [0.29, 0.717) is 22.6 Å². The number of aromatic nitrogens is 4. The van der Waals surface area contributed by atoms with Crippen LogP contribution >= 0.6 is 15.9 Å². The fraction of sp³-hybridized carbons (Fsp3) is 0.143. The molecule has 0 saturated carbocycles. The number of nitrogens with zero attached hydrogens (tertiary/aromatic N) is 4. The van der Waals surface area contributed by atoms with E-state index in [1.807, 2.05) is 63.4 Å². The molecule has 1 N–H and O–H groups in total. The smallest absolute Gasteiger partial charge is 0.261 e. The molecule has 0 saturated heterocycles. The Morgan fingerprint density at radius 1 is 1.14 bits per heavy atom. The van der Waals surface area contributed by atoms with E-state index >= 15 is 0 Å². The van der Waals surface area contributed by atoms with Gasteiger partial charge in [-0.25, -0.2) is 9.50 Å². The van der Waals surface area contributed by atoms with Crippen LogP contribution in [0.4, 0.5) is 5.69 Å². The quantitative estimate of drug-likeness (QED) is 0.504. The summed E-state index contributed by atoms with van der Waals surface area (Å²) in [5.41, 5.74) is 5.84. The van der Waals surface area contributed by atoms with Gasteiger partial charge in [0.2, 0.25) is 0 Å². The first kappa shape index (κ1) is 18.3. The molecule has 3 aromatic heterocycles. The van der Waals surface area contributed by atoms with E-state index in [2.05, 4.69) is 31.3 Å². The Kier molecular flexibility index (Phi) is 4.68. The summed E-state index contributed by atoms with van der Waals surface area (Å²) in [6.07, 6.45) is 3.49. The predicted octanol–water partition coefficient (Wildman–Crippen LogP) is 4.73. The monoisotopic (exact) mass is 435 g/mol. The number of hydrogen-bond donors (Lipinski definition) is 1. The zero-order chi connectivity index (χ0) is 19.8. The summed E-state index contributed by atoms with van der Waals surface area (Å²) in [6, 6.07) is 11.7. The van der Waals surface area contributed by atoms with E-state index in [4.69, 9.17) is 4.98 Å². The highest BCUT2D eigenvalue weighted by molar-refractivity contribution is 9.10. The zero-order valence-electron chi connectivity index (χ0n) is 15.7. The molecule has 0 unspecified atom stereocenters. The summed E-state index contributed by atoms with van der Waals surface area (Å²) in [6.45, 7) is 5.67. The Morgan fingerprint density at radius 2 is 1.93 bits per heavy atom. The number of pyridine rings is 1. The molecule has 4 rings (SSSR count). The van der Waals surface area contributed by atoms with Gasteiger partial charge in [0, 0.05) is 21.9 Å². The molecule has 0 bridgehead atoms. The number of hydrogen-bond acceptors (Lipinski definition) is 4. The molecule has 6 nitrogen and oxygen atoms in total. The van der Waals surface area contributed by atoms with Crippen molar-refractivity contribution < 1.29 is 4.79 Å². The minimum atomic E-state index is -0.252. The van der Waals surface area contributed by atoms with Gasteiger partial charge in [0.05, 0.1) is 23.3 Å². The van der Waals surface area contributed by atoms with E-state index in [9.17, 15) is 4.79 Å². The number of halogens is 1. The van der Waals surface area contributed by atoms with E-state index in [-0.39, 0.29) is 5.91 Å². The van der Waals surface area contributed by atoms with Crippen molar-refractivity contribution in [1.29, 1.82) is 0 Å². The largest absolute Gasteiger partial charge is 0.320 e. The standard InChI is InChI=1S/C21H18BrN5O/c1-12-10-13(2)23-11-18(12)25-21(28)19-14(3)26-27-9-8-17(24-20(19)27)15-6-4-5-7-16(15)22/h4-11H,1-3H3,(H,25,28). The lowest BCUT2D eigenvalue weighted by atomic mass is 10.1. The molecular formula is C21H18BrN5O. The number of aryl methyl sites for hydroxylation is 3. The summed E-state index contributed by atoms with van der Waals surface area (Å²) in [4.78, 5) is 22.0. The number of fused-ring (bicyclic) bond motifs is 1. The van der Waals surface area contributed by atoms with Gasteiger partial charge in [-0.15, -0.1) is 0 Å². The zero-order valence-corrected chi connectivity index (χ0v) is 17.3. The summed E-state index contributed by atoms with van der Waals surface area (Å²) >= 11 is 3.56. The van der Waals surface area contributed by atoms with Crippen molar-refractivity contribution in [2.45, 2.75) is 20.8 Å². The van der Waals surface area contributed by atoms with Gasteiger partial charge < -0.3 is 5.32 Å². The number of carbonyl (C=O) groups is 1. The molecule has 0 atom stereocenters. The Balaban J connectivity index is 1.78. The maximum atomic E-state index is 13.0. The van der Waals surface area contributed by atoms with E-state index in [1.165, 1.54) is 0 Å². The van der Waals surface area contributed by atoms with Crippen molar-refractivity contribution in [3.8, 4) is 11.3 Å². The summed E-state index contributed by atoms with van der Waals surface area (Å²) < 4.78 is 2.57. The van der Waals surface area contributed by atoms with Gasteiger partial charge in [-0.05, 0) is 44.5 Å². The van der Waals surface area contributed by atoms with E-state index < -0.39 is 0 Å². The van der Waals surface area contributed by atoms with Crippen LogP contribution in [0.5, 0.6) is 0 Å². The molecule has 0 fully saturated rings. The van der Waals surface area contributed by atoms with Gasteiger partial charge in [0.25, 0.3) is 5.91 Å². The topological polar surface area (TPSA) is 72.2 Å². The van der Waals surface area contributed by atoms with Gasteiger partial charge in [0.1, 0.15) is 5.56 Å². The number of nitrogens with one attached hydrogen (secondary N) is 1. The number of rotatable bonds is 3. The van der Waals surface area contributed by atoms with Crippen LogP contribution in [0.1, 0.15) is 27.3 Å². The van der Waals surface area contributed by atoms with Crippen LogP contribution in [-0.4, -0.2) is 25.5 Å². The second-order valence-electron chi connectivity index (χ2n) is 6.62. The van der Waals surface area contributed by atoms with Crippen molar-refractivity contribution in [2.75, 3.05) is 5.32 Å². The average molecular weight is 436 g/mol. The Labute approximate surface area is 170 Å². The van der Waals surface area contributed by atoms with Crippen LogP contribution in [-0.2, 0) is 0 Å². The molecule has 0 aliphatic rings. The molecule has 7 heteroatoms. The third kappa shape index (κ3) is 3.29. The van der Waals surface area contributed by atoms with E-state index in [0.717, 1.165) is 27.0 Å². The number of carbonyl (C=O) groups excluding carboxylic acids is 1. The highest BCUT2D eigenvalue weighted by atomic mass is 79.9. The Morgan fingerprint density at radius 3 is 2.68 bits per heavy atom. The molecule has 1 amide bonds. The molecule has 0 spiro atoms. The molecule has 140 valence electrons. The minimum Gasteiger partial charge on any atom is -0.320 e. The number of amides is 1. The highest BCUT2D eigenvalue weighted by Crippen LogP contribution is 2.27. The maximum absolute atomic E-state index is 13.0. The normalized spacial score (nSPS) is 11.0. The molecular weight excluding hydrogens is 418 g/mol. The van der Waals surface area contributed by atoms with Gasteiger partial charge in [-0.1, -0.05) is 34.1 Å². The van der Waals surface area contributed by atoms with Crippen molar-refractivity contribution in [2.24, 2.45) is 0 Å². The van der Waals surface area contributed by atoms with E-state index in [1.54, 1.807) is 10.7 Å². The van der Waals surface area contributed by atoms with Gasteiger partial charge >= 0.3 is 0 Å². The first-order valence-corrected chi connectivity index (χ1v) is 9.59. The highest BCUT2D eigenvalue weighted by Gasteiger charge is 2.20. The Bertz CT molecular complexity index is 1210. The van der Waals surface area contributed by atoms with Crippen molar-refractivity contribution in [3.05, 3.63) is 75.8 Å². The third-order valence-electron chi connectivity index (χ3n) is 4.53. The van der Waals surface area contributed by atoms with Crippen LogP contribution in [0, 0.1) is 20.8 Å². The van der Waals surface area contributed by atoms with Crippen LogP contribution in [0.15, 0.2) is 53.3 Å². The predicted molar refractivity (Wildman–Crippen MR) is 113 cm³/mol. The molecule has 3 heterocycles. The minimum absolute atomic E-state index is 0.252. The number of benzene rings is 1. The first-order chi connectivity index (χ1) is 13.4. The summed E-state index contributed by atoms with van der Waals surface area (Å²) in [5.74, 6) is -0.252. The summed E-state index contributed by atoms with van der Waals surface area (Å²) in [7, 11) is 0. The fourth-order valence-corrected chi connectivity index (χ4v) is 3.62. The fourth-order valence-electron chi connectivity index (χ4n) is 3.14. The molecule has 0 radical (unpaired) electrons. The summed E-state index contributed by atoms with van der Waals surface area (Å²) in [5, 5.41) is 7.37. The van der Waals surface area contributed by atoms with Gasteiger partial charge in [-0.2, -0.15) is 5.10 Å². The molecule has 0 aliphatic heterocycles. The molecule has 4 aromatic rings. The lowest BCUT2D eigenvalue weighted by Crippen LogP contribution is -2.14. The number of anilines is 1. The molecule has 28 heavy (non-hydrogen) atoms. The first-order valence-electron chi connectivity index (χ1n) is 8.79. The van der Waals surface area contributed by atoms with Crippen LogP contribution in [0.3, 0.4) is 0 Å². The lowest BCUT2D eigenvalue weighted by molar-refractivity contribution is 0.102. The maximum Gasteiger partial charge on any atom is 0.261 e. The average Bonchev–Trinajstić information content (AvgIpc) is 2.99. The Hall–Kier alpha value is -3.06. The van der Waals surface area contributed by atoms with Gasteiger partial charge in [-0.3, -0.25) is 9.78 Å². The molecule has 1 aromatic carbocycles. The lowest BCUT2D eigenvalue weighted by Gasteiger charge is -2.09. The second kappa shape index (κ2) is 7.16. The van der Waals surface area contributed by atoms with Crippen LogP contribution in [0.2, 0.25) is 0 Å². The van der Waals surface area contributed by atoms with Crippen LogP contribution in [0.25, 0.3) is 16.9 Å². The van der Waals surface area contributed by atoms with Crippen LogP contribution < -0.4 is 5.32 Å². The third-order valence-corrected chi connectivity index (χ3v) is 5.22. The van der Waals surface area contributed by atoms with Crippen molar-refractivity contribution >= 4 is 33.2 Å². The SMILES string of the molecule is Cc1cc(C)c(NC(=O)c2c(C)nn3ccc(-c4ccccc4Br)nc23)cn1. The van der Waals surface area contributed by atoms with Gasteiger partial charge in [0.15, 0.2) is 5.65 Å². The van der Waals surface area contributed by atoms with Crippen molar-refractivity contribution in [1.82, 2.24) is 19.6 Å². The molecule has 0 aliphatic carbocycles. The van der Waals surface area contributed by atoms with Crippen molar-refractivity contribution in [3.63, 3.8) is 0 Å².